The Bertz CT molecular complexity index is 651. The van der Waals surface area contributed by atoms with Gasteiger partial charge in [0, 0.05) is 0 Å². The molecule has 0 fully saturated rings. The number of ether oxygens (including phenoxy) is 1. The van der Waals surface area contributed by atoms with Gasteiger partial charge in [0.15, 0.2) is 5.69 Å². The minimum Gasteiger partial charge on any atom is -0.491 e. The Morgan fingerprint density at radius 1 is 1.38 bits per heavy atom. The van der Waals surface area contributed by atoms with Crippen LogP contribution in [0.25, 0.3) is 0 Å². The van der Waals surface area contributed by atoms with Crippen LogP contribution in [-0.4, -0.2) is 27.5 Å². The Labute approximate surface area is 123 Å². The van der Waals surface area contributed by atoms with Crippen LogP contribution in [0.4, 0.5) is 0 Å². The molecule has 0 aliphatic carbocycles. The molecule has 21 heavy (non-hydrogen) atoms. The normalized spacial score (nSPS) is 10.5. The summed E-state index contributed by atoms with van der Waals surface area (Å²) in [6.45, 7) is 7.07. The van der Waals surface area contributed by atoms with Gasteiger partial charge in [-0.1, -0.05) is 11.3 Å². The molecular weight excluding hydrogens is 270 g/mol. The lowest BCUT2D eigenvalue weighted by atomic mass is 10.1. The minimum absolute atomic E-state index is 0.181. The summed E-state index contributed by atoms with van der Waals surface area (Å²) in [5.74, 6) is 5.44. The number of nitrogens with one attached hydrogen (secondary N) is 1. The molecule has 0 atom stereocenters. The van der Waals surface area contributed by atoms with Crippen LogP contribution in [0, 0.1) is 20.8 Å². The number of nitrogen functional groups attached to an aromatic ring is 1. The smallest absolute Gasteiger partial charge is 0.287 e. The molecule has 0 bridgehead atoms. The molecule has 7 nitrogen and oxygen atoms in total. The van der Waals surface area contributed by atoms with Crippen molar-refractivity contribution in [3.8, 4) is 5.75 Å². The third-order valence-electron chi connectivity index (χ3n) is 3.24. The summed E-state index contributed by atoms with van der Waals surface area (Å²) < 4.78 is 7.33. The molecule has 0 saturated carbocycles. The van der Waals surface area contributed by atoms with Gasteiger partial charge in [0.25, 0.3) is 5.91 Å². The minimum atomic E-state index is -0.465. The molecule has 1 amide bonds. The van der Waals surface area contributed by atoms with E-state index in [-0.39, 0.29) is 5.69 Å². The number of rotatable bonds is 5. The first-order valence-corrected chi connectivity index (χ1v) is 6.63. The van der Waals surface area contributed by atoms with E-state index in [2.05, 4.69) is 23.3 Å². The second kappa shape index (κ2) is 6.36. The Balaban J connectivity index is 1.96. The predicted molar refractivity (Wildman–Crippen MR) is 77.8 cm³/mol. The number of aromatic nitrogens is 3. The Hall–Kier alpha value is -2.41. The van der Waals surface area contributed by atoms with Crippen molar-refractivity contribution in [3.63, 3.8) is 0 Å². The SMILES string of the molecule is Cc1cc(C)c(C)c(OCCn2cc(C(=O)NN)nn2)c1. The zero-order valence-corrected chi connectivity index (χ0v) is 12.4. The first-order valence-electron chi connectivity index (χ1n) is 6.63. The van der Waals surface area contributed by atoms with Crippen molar-refractivity contribution in [2.24, 2.45) is 5.84 Å². The maximum atomic E-state index is 11.3. The zero-order chi connectivity index (χ0) is 15.4. The molecule has 112 valence electrons. The van der Waals surface area contributed by atoms with Gasteiger partial charge in [-0.05, 0) is 43.5 Å². The van der Waals surface area contributed by atoms with Crippen molar-refractivity contribution in [3.05, 3.63) is 40.7 Å². The molecule has 0 spiro atoms. The van der Waals surface area contributed by atoms with Crippen molar-refractivity contribution >= 4 is 5.91 Å². The van der Waals surface area contributed by atoms with Crippen LogP contribution < -0.4 is 16.0 Å². The van der Waals surface area contributed by atoms with E-state index in [1.165, 1.54) is 11.8 Å². The molecule has 7 heteroatoms. The van der Waals surface area contributed by atoms with Gasteiger partial charge in [-0.15, -0.1) is 5.10 Å². The molecule has 0 radical (unpaired) electrons. The number of carbonyl (C=O) groups is 1. The Kier molecular flexibility index (Phi) is 4.54. The third-order valence-corrected chi connectivity index (χ3v) is 3.24. The highest BCUT2D eigenvalue weighted by atomic mass is 16.5. The van der Waals surface area contributed by atoms with Crippen LogP contribution in [0.5, 0.6) is 5.75 Å². The standard InChI is InChI=1S/C14H19N5O2/c1-9-6-10(2)11(3)13(7-9)21-5-4-19-8-12(17-18-19)14(20)16-15/h6-8H,4-5,15H2,1-3H3,(H,16,20). The van der Waals surface area contributed by atoms with Crippen LogP contribution in [0.1, 0.15) is 27.2 Å². The van der Waals surface area contributed by atoms with Crippen molar-refractivity contribution in [1.82, 2.24) is 20.4 Å². The number of hydrazine groups is 1. The summed E-state index contributed by atoms with van der Waals surface area (Å²) in [6, 6.07) is 4.13. The van der Waals surface area contributed by atoms with Gasteiger partial charge in [-0.2, -0.15) is 0 Å². The number of hydrogen-bond donors (Lipinski definition) is 2. The van der Waals surface area contributed by atoms with Crippen molar-refractivity contribution in [2.75, 3.05) is 6.61 Å². The number of aryl methyl sites for hydroxylation is 2. The van der Waals surface area contributed by atoms with Gasteiger partial charge in [0.2, 0.25) is 0 Å². The van der Waals surface area contributed by atoms with Gasteiger partial charge in [-0.3, -0.25) is 10.2 Å². The number of amides is 1. The topological polar surface area (TPSA) is 95.1 Å². The molecule has 2 aromatic rings. The number of nitrogens with zero attached hydrogens (tertiary/aromatic N) is 3. The fourth-order valence-corrected chi connectivity index (χ4v) is 1.99. The first-order chi connectivity index (χ1) is 10.0. The predicted octanol–water partition coefficient (Wildman–Crippen LogP) is 0.886. The summed E-state index contributed by atoms with van der Waals surface area (Å²) in [5.41, 5.74) is 5.68. The van der Waals surface area contributed by atoms with E-state index >= 15 is 0 Å². The monoisotopic (exact) mass is 289 g/mol. The van der Waals surface area contributed by atoms with Crippen molar-refractivity contribution in [1.29, 1.82) is 0 Å². The summed E-state index contributed by atoms with van der Waals surface area (Å²) in [4.78, 5) is 11.3. The number of carbonyl (C=O) groups excluding carboxylic acids is 1. The van der Waals surface area contributed by atoms with Crippen molar-refractivity contribution < 1.29 is 9.53 Å². The van der Waals surface area contributed by atoms with E-state index in [0.29, 0.717) is 13.2 Å². The molecular formula is C14H19N5O2. The first kappa shape index (κ1) is 15.0. The Morgan fingerprint density at radius 3 is 2.86 bits per heavy atom. The van der Waals surface area contributed by atoms with E-state index in [1.54, 1.807) is 4.68 Å². The number of hydrogen-bond acceptors (Lipinski definition) is 5. The lowest BCUT2D eigenvalue weighted by molar-refractivity contribution is 0.0948. The zero-order valence-electron chi connectivity index (χ0n) is 12.4. The quantitative estimate of drug-likeness (QED) is 0.484. The lowest BCUT2D eigenvalue weighted by Crippen LogP contribution is -2.30. The molecule has 0 unspecified atom stereocenters. The lowest BCUT2D eigenvalue weighted by Gasteiger charge is -2.12. The summed E-state index contributed by atoms with van der Waals surface area (Å²) in [7, 11) is 0. The molecule has 0 aliphatic rings. The van der Waals surface area contributed by atoms with E-state index in [9.17, 15) is 4.79 Å². The van der Waals surface area contributed by atoms with Gasteiger partial charge in [0.05, 0.1) is 12.7 Å². The Morgan fingerprint density at radius 2 is 2.14 bits per heavy atom. The molecule has 1 aromatic carbocycles. The largest absolute Gasteiger partial charge is 0.491 e. The van der Waals surface area contributed by atoms with E-state index in [0.717, 1.165) is 16.9 Å². The fourth-order valence-electron chi connectivity index (χ4n) is 1.99. The van der Waals surface area contributed by atoms with E-state index in [4.69, 9.17) is 10.6 Å². The fraction of sp³-hybridized carbons (Fsp3) is 0.357. The molecule has 2 rings (SSSR count). The van der Waals surface area contributed by atoms with Gasteiger partial charge < -0.3 is 4.74 Å². The maximum Gasteiger partial charge on any atom is 0.287 e. The van der Waals surface area contributed by atoms with Gasteiger partial charge in [-0.25, -0.2) is 10.5 Å². The van der Waals surface area contributed by atoms with Crippen LogP contribution in [0.15, 0.2) is 18.3 Å². The second-order valence-electron chi connectivity index (χ2n) is 4.89. The number of benzene rings is 1. The highest BCUT2D eigenvalue weighted by Crippen LogP contribution is 2.23. The average molecular weight is 289 g/mol. The van der Waals surface area contributed by atoms with Crippen LogP contribution in [0.3, 0.4) is 0 Å². The maximum absolute atomic E-state index is 11.3. The van der Waals surface area contributed by atoms with Crippen LogP contribution >= 0.6 is 0 Å². The van der Waals surface area contributed by atoms with Crippen LogP contribution in [0.2, 0.25) is 0 Å². The summed E-state index contributed by atoms with van der Waals surface area (Å²) >= 11 is 0. The van der Waals surface area contributed by atoms with Gasteiger partial charge >= 0.3 is 0 Å². The molecule has 1 heterocycles. The van der Waals surface area contributed by atoms with E-state index < -0.39 is 5.91 Å². The highest BCUT2D eigenvalue weighted by molar-refractivity contribution is 5.91. The third kappa shape index (κ3) is 3.57. The van der Waals surface area contributed by atoms with E-state index in [1.807, 2.05) is 25.3 Å². The molecule has 3 N–H and O–H groups in total. The molecule has 1 aromatic heterocycles. The molecule has 0 aliphatic heterocycles. The number of nitrogens with two attached hydrogens (primary N) is 1. The average Bonchev–Trinajstić information content (AvgIpc) is 2.92. The van der Waals surface area contributed by atoms with Crippen molar-refractivity contribution in [2.45, 2.75) is 27.3 Å². The van der Waals surface area contributed by atoms with Gasteiger partial charge in [0.1, 0.15) is 12.4 Å². The highest BCUT2D eigenvalue weighted by Gasteiger charge is 2.09. The summed E-state index contributed by atoms with van der Waals surface area (Å²) in [5, 5.41) is 7.57. The summed E-state index contributed by atoms with van der Waals surface area (Å²) in [6.07, 6.45) is 1.53. The second-order valence-corrected chi connectivity index (χ2v) is 4.89. The van der Waals surface area contributed by atoms with Crippen LogP contribution in [-0.2, 0) is 6.54 Å². The molecule has 0 saturated heterocycles.